The van der Waals surface area contributed by atoms with E-state index in [0.29, 0.717) is 19.4 Å². The molecular weight excluding hydrogens is 340 g/mol. The molecule has 1 amide bonds. The Bertz CT molecular complexity index is 696. The molecule has 0 atom stereocenters. The number of hydrogen-bond donors (Lipinski definition) is 1. The predicted octanol–water partition coefficient (Wildman–Crippen LogP) is 3.63. The first kappa shape index (κ1) is 19.4. The molecule has 5 heteroatoms. The van der Waals surface area contributed by atoms with Gasteiger partial charge in [0.1, 0.15) is 0 Å². The van der Waals surface area contributed by atoms with Crippen LogP contribution in [0.2, 0.25) is 0 Å². The van der Waals surface area contributed by atoms with Crippen molar-refractivity contribution in [3.8, 4) is 6.07 Å². The van der Waals surface area contributed by atoms with Gasteiger partial charge in [-0.25, -0.2) is 0 Å². The van der Waals surface area contributed by atoms with Crippen LogP contribution in [0.3, 0.4) is 0 Å². The van der Waals surface area contributed by atoms with Crippen molar-refractivity contribution in [2.24, 2.45) is 5.41 Å². The molecule has 1 aromatic rings. The molecule has 0 bridgehead atoms. The quantitative estimate of drug-likeness (QED) is 0.778. The van der Waals surface area contributed by atoms with Crippen LogP contribution in [-0.4, -0.2) is 25.0 Å². The van der Waals surface area contributed by atoms with Gasteiger partial charge in [0.25, 0.3) is 5.91 Å². The Morgan fingerprint density at radius 3 is 2.26 bits per heavy atom. The molecule has 1 aromatic carbocycles. The lowest BCUT2D eigenvalue weighted by Gasteiger charge is -2.30. The normalized spacial score (nSPS) is 20.4. The number of nitriles is 1. The van der Waals surface area contributed by atoms with Gasteiger partial charge in [-0.3, -0.25) is 9.59 Å². The number of amides is 1. The lowest BCUT2D eigenvalue weighted by atomic mass is 9.75. The van der Waals surface area contributed by atoms with E-state index in [-0.39, 0.29) is 17.9 Å². The minimum absolute atomic E-state index is 0.0296. The highest BCUT2D eigenvalue weighted by Crippen LogP contribution is 2.40. The monoisotopic (exact) mass is 368 g/mol. The predicted molar refractivity (Wildman–Crippen MR) is 102 cm³/mol. The van der Waals surface area contributed by atoms with Gasteiger partial charge in [-0.2, -0.15) is 5.26 Å². The van der Waals surface area contributed by atoms with Crippen molar-refractivity contribution < 1.29 is 14.3 Å². The van der Waals surface area contributed by atoms with Gasteiger partial charge >= 0.3 is 5.97 Å². The van der Waals surface area contributed by atoms with Gasteiger partial charge in [0, 0.05) is 12.0 Å². The van der Waals surface area contributed by atoms with Crippen LogP contribution in [0.4, 0.5) is 0 Å². The molecular formula is C22H28N2O3. The van der Waals surface area contributed by atoms with Crippen LogP contribution in [0.15, 0.2) is 30.3 Å². The van der Waals surface area contributed by atoms with E-state index in [9.17, 15) is 14.9 Å². The average Bonchev–Trinajstić information content (AvgIpc) is 3.22. The SMILES string of the molecule is N#CC1(C(=O)OCC(=O)NCC2(c3ccccc3)CCCC2)CCCCC1. The van der Waals surface area contributed by atoms with Crippen LogP contribution in [0.25, 0.3) is 0 Å². The second-order valence-corrected chi connectivity index (χ2v) is 7.96. The fourth-order valence-electron chi connectivity index (χ4n) is 4.52. The minimum Gasteiger partial charge on any atom is -0.454 e. The Balaban J connectivity index is 1.53. The van der Waals surface area contributed by atoms with Gasteiger partial charge in [-0.15, -0.1) is 0 Å². The number of nitrogens with zero attached hydrogens (tertiary/aromatic N) is 1. The molecule has 0 aromatic heterocycles. The van der Waals surface area contributed by atoms with Gasteiger partial charge in [-0.1, -0.05) is 62.4 Å². The molecule has 1 N–H and O–H groups in total. The Kier molecular flexibility index (Phi) is 6.15. The number of esters is 1. The number of hydrogen-bond acceptors (Lipinski definition) is 4. The number of carbonyl (C=O) groups is 2. The second-order valence-electron chi connectivity index (χ2n) is 7.96. The van der Waals surface area contributed by atoms with Crippen LogP contribution < -0.4 is 5.32 Å². The van der Waals surface area contributed by atoms with Crippen molar-refractivity contribution in [2.45, 2.75) is 63.2 Å². The fraction of sp³-hybridized carbons (Fsp3) is 0.591. The van der Waals surface area contributed by atoms with E-state index in [1.54, 1.807) is 0 Å². The number of ether oxygens (including phenoxy) is 1. The minimum atomic E-state index is -1.06. The molecule has 0 saturated heterocycles. The number of benzene rings is 1. The zero-order chi connectivity index (χ0) is 19.2. The summed E-state index contributed by atoms with van der Waals surface area (Å²) in [5, 5.41) is 12.4. The topological polar surface area (TPSA) is 79.2 Å². The molecule has 0 spiro atoms. The lowest BCUT2D eigenvalue weighted by molar-refractivity contribution is -0.157. The standard InChI is InChI=1S/C22H28N2O3/c23-16-21(11-5-2-6-12-21)20(26)27-15-19(25)24-17-22(13-7-8-14-22)18-9-3-1-4-10-18/h1,3-4,9-10H,2,5-8,11-15,17H2,(H,24,25). The number of rotatable bonds is 6. The van der Waals surface area contributed by atoms with Crippen molar-refractivity contribution >= 4 is 11.9 Å². The van der Waals surface area contributed by atoms with E-state index in [0.717, 1.165) is 44.9 Å². The largest absolute Gasteiger partial charge is 0.454 e. The number of nitrogens with one attached hydrogen (secondary N) is 1. The summed E-state index contributed by atoms with van der Waals surface area (Å²) >= 11 is 0. The number of carbonyl (C=O) groups excluding carboxylic acids is 2. The molecule has 3 rings (SSSR count). The highest BCUT2D eigenvalue weighted by atomic mass is 16.5. The lowest BCUT2D eigenvalue weighted by Crippen LogP contribution is -2.42. The van der Waals surface area contributed by atoms with E-state index in [1.807, 2.05) is 18.2 Å². The molecule has 2 saturated carbocycles. The zero-order valence-corrected chi connectivity index (χ0v) is 15.8. The molecule has 5 nitrogen and oxygen atoms in total. The Morgan fingerprint density at radius 2 is 1.63 bits per heavy atom. The summed E-state index contributed by atoms with van der Waals surface area (Å²) in [6, 6.07) is 12.4. The summed E-state index contributed by atoms with van der Waals surface area (Å²) in [6.45, 7) is 0.240. The molecule has 2 fully saturated rings. The van der Waals surface area contributed by atoms with E-state index < -0.39 is 11.4 Å². The van der Waals surface area contributed by atoms with Crippen LogP contribution in [0.5, 0.6) is 0 Å². The van der Waals surface area contributed by atoms with Crippen molar-refractivity contribution in [1.29, 1.82) is 5.26 Å². The molecule has 0 radical (unpaired) electrons. The van der Waals surface area contributed by atoms with Crippen LogP contribution >= 0.6 is 0 Å². The van der Waals surface area contributed by atoms with E-state index in [1.165, 1.54) is 5.56 Å². The van der Waals surface area contributed by atoms with Crippen LogP contribution in [0, 0.1) is 16.7 Å². The van der Waals surface area contributed by atoms with Crippen molar-refractivity contribution in [3.63, 3.8) is 0 Å². The molecule has 2 aliphatic carbocycles. The van der Waals surface area contributed by atoms with Crippen molar-refractivity contribution in [2.75, 3.05) is 13.2 Å². The Hall–Kier alpha value is -2.35. The molecule has 27 heavy (non-hydrogen) atoms. The highest BCUT2D eigenvalue weighted by molar-refractivity contribution is 5.84. The summed E-state index contributed by atoms with van der Waals surface area (Å²) in [5.41, 5.74) is 0.165. The van der Waals surface area contributed by atoms with Crippen LogP contribution in [-0.2, 0) is 19.7 Å². The summed E-state index contributed by atoms with van der Waals surface area (Å²) < 4.78 is 5.22. The third-order valence-corrected chi connectivity index (χ3v) is 6.22. The van der Waals surface area contributed by atoms with Crippen molar-refractivity contribution in [3.05, 3.63) is 35.9 Å². The van der Waals surface area contributed by atoms with Gasteiger partial charge in [-0.05, 0) is 31.2 Å². The average molecular weight is 368 g/mol. The van der Waals surface area contributed by atoms with E-state index >= 15 is 0 Å². The summed E-state index contributed by atoms with van der Waals surface area (Å²) in [7, 11) is 0. The summed E-state index contributed by atoms with van der Waals surface area (Å²) in [6.07, 6.45) is 8.22. The van der Waals surface area contributed by atoms with Gasteiger partial charge < -0.3 is 10.1 Å². The van der Waals surface area contributed by atoms with Crippen LogP contribution in [0.1, 0.15) is 63.4 Å². The first-order valence-corrected chi connectivity index (χ1v) is 10.0. The smallest absolute Gasteiger partial charge is 0.326 e. The van der Waals surface area contributed by atoms with E-state index in [4.69, 9.17) is 4.74 Å². The fourth-order valence-corrected chi connectivity index (χ4v) is 4.52. The molecule has 0 unspecified atom stereocenters. The maximum atomic E-state index is 12.4. The van der Waals surface area contributed by atoms with E-state index in [2.05, 4.69) is 23.5 Å². The molecule has 144 valence electrons. The Morgan fingerprint density at radius 1 is 1.00 bits per heavy atom. The first-order chi connectivity index (χ1) is 13.1. The summed E-state index contributed by atoms with van der Waals surface area (Å²) in [5.74, 6) is -0.840. The third-order valence-electron chi connectivity index (χ3n) is 6.22. The molecule has 0 aliphatic heterocycles. The first-order valence-electron chi connectivity index (χ1n) is 10.0. The zero-order valence-electron chi connectivity index (χ0n) is 15.8. The summed E-state index contributed by atoms with van der Waals surface area (Å²) in [4.78, 5) is 24.7. The van der Waals surface area contributed by atoms with Gasteiger partial charge in [0.15, 0.2) is 12.0 Å². The molecule has 2 aliphatic rings. The van der Waals surface area contributed by atoms with Crippen molar-refractivity contribution in [1.82, 2.24) is 5.32 Å². The third kappa shape index (κ3) is 4.32. The Labute approximate surface area is 161 Å². The van der Waals surface area contributed by atoms with Gasteiger partial charge in [0.2, 0.25) is 0 Å². The molecule has 0 heterocycles. The highest BCUT2D eigenvalue weighted by Gasteiger charge is 2.42. The second kappa shape index (κ2) is 8.56. The maximum Gasteiger partial charge on any atom is 0.326 e. The maximum absolute atomic E-state index is 12.4. The van der Waals surface area contributed by atoms with Gasteiger partial charge in [0.05, 0.1) is 6.07 Å².